The van der Waals surface area contributed by atoms with Gasteiger partial charge in [0.15, 0.2) is 0 Å². The molecule has 2 N–H and O–H groups in total. The Labute approximate surface area is 156 Å². The van der Waals surface area contributed by atoms with Crippen molar-refractivity contribution in [2.24, 2.45) is 0 Å². The first-order valence-corrected chi connectivity index (χ1v) is 8.74. The van der Waals surface area contributed by atoms with Gasteiger partial charge in [0.25, 0.3) is 5.91 Å². The Balaban J connectivity index is 1.67. The monoisotopic (exact) mass is 372 g/mol. The van der Waals surface area contributed by atoms with E-state index in [0.29, 0.717) is 23.6 Å². The van der Waals surface area contributed by atoms with Crippen LogP contribution in [0.4, 0.5) is 15.8 Å². The fraction of sp³-hybridized carbons (Fsp3) is 0.300. The van der Waals surface area contributed by atoms with E-state index in [1.54, 1.807) is 24.3 Å². The van der Waals surface area contributed by atoms with Gasteiger partial charge in [-0.3, -0.25) is 9.59 Å². The molecule has 1 atom stereocenters. The van der Waals surface area contributed by atoms with Crippen LogP contribution in [0.5, 0.6) is 5.75 Å². The van der Waals surface area contributed by atoms with Crippen LogP contribution >= 0.6 is 0 Å². The Bertz CT molecular complexity index is 834. The van der Waals surface area contributed by atoms with E-state index in [1.807, 2.05) is 0 Å². The van der Waals surface area contributed by atoms with Gasteiger partial charge in [-0.2, -0.15) is 0 Å². The third-order valence-corrected chi connectivity index (χ3v) is 4.09. The molecule has 1 saturated heterocycles. The minimum atomic E-state index is -0.594. The Morgan fingerprint density at radius 2 is 2.07 bits per heavy atom. The number of carbonyl (C=O) groups is 2. The van der Waals surface area contributed by atoms with Crippen molar-refractivity contribution in [1.82, 2.24) is 0 Å². The van der Waals surface area contributed by atoms with Gasteiger partial charge in [0, 0.05) is 24.8 Å². The number of nitrogens with one attached hydrogen (secondary N) is 2. The van der Waals surface area contributed by atoms with Crippen molar-refractivity contribution in [1.29, 1.82) is 0 Å². The van der Waals surface area contributed by atoms with Crippen molar-refractivity contribution in [3.63, 3.8) is 0 Å². The summed E-state index contributed by atoms with van der Waals surface area (Å²) in [6.07, 6.45) is 2.07. The highest BCUT2D eigenvalue weighted by Crippen LogP contribution is 2.22. The second-order valence-electron chi connectivity index (χ2n) is 6.30. The molecule has 7 heteroatoms. The molecule has 0 aromatic heterocycles. The Morgan fingerprint density at radius 1 is 1.22 bits per heavy atom. The van der Waals surface area contributed by atoms with E-state index in [2.05, 4.69) is 10.6 Å². The first-order valence-electron chi connectivity index (χ1n) is 8.74. The van der Waals surface area contributed by atoms with Crippen LogP contribution in [0.25, 0.3) is 0 Å². The van der Waals surface area contributed by atoms with E-state index in [0.717, 1.165) is 19.4 Å². The average molecular weight is 372 g/mol. The summed E-state index contributed by atoms with van der Waals surface area (Å²) in [5.41, 5.74) is 0.717. The maximum absolute atomic E-state index is 14.0. The quantitative estimate of drug-likeness (QED) is 0.812. The van der Waals surface area contributed by atoms with Crippen molar-refractivity contribution in [3.8, 4) is 5.75 Å². The molecule has 142 valence electrons. The van der Waals surface area contributed by atoms with E-state index in [1.165, 1.54) is 25.1 Å². The number of hydrogen-bond donors (Lipinski definition) is 2. The van der Waals surface area contributed by atoms with Crippen LogP contribution < -0.4 is 15.4 Å². The highest BCUT2D eigenvalue weighted by molar-refractivity contribution is 6.05. The smallest absolute Gasteiger partial charge is 0.255 e. The summed E-state index contributed by atoms with van der Waals surface area (Å²) < 4.78 is 25.2. The summed E-state index contributed by atoms with van der Waals surface area (Å²) in [4.78, 5) is 23.6. The predicted octanol–water partition coefficient (Wildman–Crippen LogP) is 3.59. The van der Waals surface area contributed by atoms with Crippen LogP contribution in [-0.2, 0) is 9.53 Å². The molecular formula is C20H21FN2O4. The Kier molecular flexibility index (Phi) is 6.03. The van der Waals surface area contributed by atoms with Gasteiger partial charge in [-0.05, 0) is 49.2 Å². The van der Waals surface area contributed by atoms with Gasteiger partial charge < -0.3 is 20.1 Å². The standard InChI is InChI=1S/C20H21FN2O4/c1-13(24)22-15-7-8-18(21)19(11-15)23-20(25)14-4-2-5-16(10-14)27-12-17-6-3-9-26-17/h2,4-5,7-8,10-11,17H,3,6,9,12H2,1H3,(H,22,24)(H,23,25). The molecule has 0 saturated carbocycles. The van der Waals surface area contributed by atoms with Gasteiger partial charge in [0.2, 0.25) is 5.91 Å². The molecule has 1 fully saturated rings. The lowest BCUT2D eigenvalue weighted by Crippen LogP contribution is -2.17. The predicted molar refractivity (Wildman–Crippen MR) is 99.6 cm³/mol. The fourth-order valence-electron chi connectivity index (χ4n) is 2.79. The molecular weight excluding hydrogens is 351 g/mol. The molecule has 2 aromatic rings. The van der Waals surface area contributed by atoms with E-state index in [4.69, 9.17) is 9.47 Å². The number of amides is 2. The van der Waals surface area contributed by atoms with E-state index >= 15 is 0 Å². The highest BCUT2D eigenvalue weighted by Gasteiger charge is 2.16. The molecule has 1 heterocycles. The summed E-state index contributed by atoms with van der Waals surface area (Å²) in [6, 6.07) is 10.6. The van der Waals surface area contributed by atoms with Crippen molar-refractivity contribution in [3.05, 3.63) is 53.8 Å². The minimum Gasteiger partial charge on any atom is -0.491 e. The molecule has 3 rings (SSSR count). The lowest BCUT2D eigenvalue weighted by molar-refractivity contribution is -0.114. The zero-order valence-electron chi connectivity index (χ0n) is 15.0. The van der Waals surface area contributed by atoms with Gasteiger partial charge in [-0.25, -0.2) is 4.39 Å². The SMILES string of the molecule is CC(=O)Nc1ccc(F)c(NC(=O)c2cccc(OCC3CCCO3)c2)c1. The first-order chi connectivity index (χ1) is 13.0. The molecule has 0 bridgehead atoms. The van der Waals surface area contributed by atoms with Crippen molar-refractivity contribution >= 4 is 23.2 Å². The van der Waals surface area contributed by atoms with Crippen LogP contribution in [0.1, 0.15) is 30.1 Å². The molecule has 2 aromatic carbocycles. The number of halogens is 1. The highest BCUT2D eigenvalue weighted by atomic mass is 19.1. The summed E-state index contributed by atoms with van der Waals surface area (Å²) in [5, 5.41) is 5.07. The van der Waals surface area contributed by atoms with Crippen molar-refractivity contribution in [2.45, 2.75) is 25.9 Å². The van der Waals surface area contributed by atoms with E-state index in [9.17, 15) is 14.0 Å². The van der Waals surface area contributed by atoms with Gasteiger partial charge >= 0.3 is 0 Å². The summed E-state index contributed by atoms with van der Waals surface area (Å²) in [6.45, 7) is 2.53. The fourth-order valence-corrected chi connectivity index (χ4v) is 2.79. The number of rotatable bonds is 6. The molecule has 1 aliphatic heterocycles. The third-order valence-electron chi connectivity index (χ3n) is 4.09. The normalized spacial score (nSPS) is 16.0. The van der Waals surface area contributed by atoms with Gasteiger partial charge in [0.1, 0.15) is 18.2 Å². The minimum absolute atomic E-state index is 0.0167. The number of carbonyl (C=O) groups excluding carboxylic acids is 2. The van der Waals surface area contributed by atoms with Crippen LogP contribution in [0, 0.1) is 5.82 Å². The van der Waals surface area contributed by atoms with Crippen LogP contribution in [0.3, 0.4) is 0 Å². The Hall–Kier alpha value is -2.93. The molecule has 2 amide bonds. The summed E-state index contributed by atoms with van der Waals surface area (Å²) >= 11 is 0. The Morgan fingerprint density at radius 3 is 2.81 bits per heavy atom. The average Bonchev–Trinajstić information content (AvgIpc) is 3.16. The van der Waals surface area contributed by atoms with Gasteiger partial charge in [-0.1, -0.05) is 6.07 Å². The summed E-state index contributed by atoms with van der Waals surface area (Å²) in [7, 11) is 0. The second kappa shape index (κ2) is 8.64. The zero-order valence-corrected chi connectivity index (χ0v) is 15.0. The first kappa shape index (κ1) is 18.8. The molecule has 0 aliphatic carbocycles. The van der Waals surface area contributed by atoms with Crippen molar-refractivity contribution in [2.75, 3.05) is 23.8 Å². The molecule has 0 spiro atoms. The maximum atomic E-state index is 14.0. The maximum Gasteiger partial charge on any atom is 0.255 e. The molecule has 27 heavy (non-hydrogen) atoms. The number of benzene rings is 2. The molecule has 1 unspecified atom stereocenters. The lowest BCUT2D eigenvalue weighted by atomic mass is 10.2. The van der Waals surface area contributed by atoms with Gasteiger partial charge in [-0.15, -0.1) is 0 Å². The van der Waals surface area contributed by atoms with Crippen molar-refractivity contribution < 1.29 is 23.5 Å². The molecule has 1 aliphatic rings. The van der Waals surface area contributed by atoms with E-state index < -0.39 is 11.7 Å². The van der Waals surface area contributed by atoms with Crippen LogP contribution in [0.15, 0.2) is 42.5 Å². The van der Waals surface area contributed by atoms with Gasteiger partial charge in [0.05, 0.1) is 11.8 Å². The molecule has 6 nitrogen and oxygen atoms in total. The second-order valence-corrected chi connectivity index (χ2v) is 6.30. The number of anilines is 2. The van der Waals surface area contributed by atoms with Crippen LogP contribution in [0.2, 0.25) is 0 Å². The summed E-state index contributed by atoms with van der Waals surface area (Å²) in [5.74, 6) is -0.805. The topological polar surface area (TPSA) is 76.7 Å². The number of hydrogen-bond acceptors (Lipinski definition) is 4. The lowest BCUT2D eigenvalue weighted by Gasteiger charge is -2.13. The zero-order chi connectivity index (χ0) is 19.2. The third kappa shape index (κ3) is 5.27. The number of ether oxygens (including phenoxy) is 2. The largest absolute Gasteiger partial charge is 0.491 e. The molecule has 0 radical (unpaired) electrons. The van der Waals surface area contributed by atoms with Crippen LogP contribution in [-0.4, -0.2) is 31.1 Å². The van der Waals surface area contributed by atoms with E-state index in [-0.39, 0.29) is 17.7 Å².